The van der Waals surface area contributed by atoms with Gasteiger partial charge < -0.3 is 50.6 Å². The second kappa shape index (κ2) is 30.8. The van der Waals surface area contributed by atoms with Gasteiger partial charge in [0.05, 0.1) is 36.6 Å². The predicted octanol–water partition coefficient (Wildman–Crippen LogP) is 6.49. The van der Waals surface area contributed by atoms with Crippen LogP contribution in [0.2, 0.25) is 0 Å². The summed E-state index contributed by atoms with van der Waals surface area (Å²) in [4.78, 5) is 128. The molecule has 84 heavy (non-hydrogen) atoms. The predicted molar refractivity (Wildman–Crippen MR) is 318 cm³/mol. The van der Waals surface area contributed by atoms with Crippen molar-refractivity contribution in [3.05, 3.63) is 77.9 Å². The van der Waals surface area contributed by atoms with Crippen LogP contribution in [0.5, 0.6) is 0 Å². The molecule has 1 aliphatic carbocycles. The number of carbonyl (C=O) groups is 9. The number of unbranched alkanes of at least 4 members (excludes halogenated alkanes) is 3. The lowest BCUT2D eigenvalue weighted by Crippen LogP contribution is -2.61. The molecule has 21 heteroatoms. The Morgan fingerprint density at radius 3 is 2.10 bits per heavy atom. The number of methoxy groups -OCH3 is 2. The van der Waals surface area contributed by atoms with Crippen LogP contribution >= 0.6 is 0 Å². The standard InChI is InChI=1S/C63H93N9O12/c1-12-40(4)54(69(9)60(79)53(39(2)3)68-59(78)55-44-26-29-46(36-44)72(55)62(81)84-63(6,7)8)49(82-10)37-52(75)70-34-20-23-48(70)56(83-11)41(5)57(76)67-47(35-42-21-16-15-17-22-42)58(77)66-45-27-24-43(25-28-45)38-65-61(80)64-32-18-13-14-19-33-71-50(73)30-31-51(71)74/h15-17,21-22,24-25,27-28,30-31,39-41,44,46-49,53-56H,12-14,18-20,23,26,29,32-38H2,1-11H3,(H,66,77)(H,67,76)(H,68,78)(H2,64,65,80)/t40-,41+,44-,46+,47-,48-,49+,53-,54-,55-,56+/m0/s1. The Kier molecular flexibility index (Phi) is 24.3. The summed E-state index contributed by atoms with van der Waals surface area (Å²) < 4.78 is 18.0. The number of likely N-dealkylation sites (N-methyl/N-ethyl adjacent to an activating group) is 1. The van der Waals surface area contributed by atoms with E-state index in [1.807, 2.05) is 58.0 Å². The van der Waals surface area contributed by atoms with Crippen LogP contribution in [0.15, 0.2) is 66.7 Å². The number of amides is 10. The van der Waals surface area contributed by atoms with Gasteiger partial charge in [0.1, 0.15) is 23.7 Å². The van der Waals surface area contributed by atoms with Gasteiger partial charge >= 0.3 is 12.1 Å². The number of nitrogens with zero attached hydrogens (tertiary/aromatic N) is 4. The highest BCUT2D eigenvalue weighted by Crippen LogP contribution is 2.43. The van der Waals surface area contributed by atoms with Gasteiger partial charge in [0.2, 0.25) is 29.5 Å². The minimum Gasteiger partial charge on any atom is -0.444 e. The topological polar surface area (TPSA) is 254 Å². The number of piperidine rings is 1. The number of hydrogen-bond donors (Lipinski definition) is 5. The van der Waals surface area contributed by atoms with E-state index < -0.39 is 71.8 Å². The lowest BCUT2D eigenvalue weighted by atomic mass is 9.89. The molecule has 21 nitrogen and oxygen atoms in total. The maximum atomic E-state index is 14.7. The average Bonchev–Trinajstić information content (AvgIpc) is 2.32. The first-order valence-electron chi connectivity index (χ1n) is 30.2. The highest BCUT2D eigenvalue weighted by molar-refractivity contribution is 6.12. The number of nitrogens with one attached hydrogen (secondary N) is 5. The molecule has 2 saturated heterocycles. The number of rotatable bonds is 29. The third-order valence-electron chi connectivity index (χ3n) is 17.0. The summed E-state index contributed by atoms with van der Waals surface area (Å²) in [6.07, 6.45) is 7.92. The summed E-state index contributed by atoms with van der Waals surface area (Å²) in [7, 11) is 4.73. The zero-order chi connectivity index (χ0) is 61.4. The van der Waals surface area contributed by atoms with Gasteiger partial charge in [0.25, 0.3) is 11.8 Å². The molecular formula is C63H93N9O12. The summed E-state index contributed by atoms with van der Waals surface area (Å²) in [5, 5.41) is 14.7. The molecule has 6 rings (SSSR count). The minimum absolute atomic E-state index is 0.0429. The van der Waals surface area contributed by atoms with Crippen LogP contribution in [0.4, 0.5) is 15.3 Å². The molecule has 0 aromatic heterocycles. The second-order valence-corrected chi connectivity index (χ2v) is 24.5. The summed E-state index contributed by atoms with van der Waals surface area (Å²) in [6.45, 7) is 16.4. The van der Waals surface area contributed by atoms with Crippen molar-refractivity contribution in [2.75, 3.05) is 46.2 Å². The largest absolute Gasteiger partial charge is 0.444 e. The lowest BCUT2D eigenvalue weighted by molar-refractivity contribution is -0.148. The maximum absolute atomic E-state index is 14.7. The van der Waals surface area contributed by atoms with E-state index in [9.17, 15) is 43.2 Å². The first kappa shape index (κ1) is 66.3. The third-order valence-corrected chi connectivity index (χ3v) is 17.0. The minimum atomic E-state index is -0.991. The summed E-state index contributed by atoms with van der Waals surface area (Å²) in [5.41, 5.74) is 1.37. The Morgan fingerprint density at radius 1 is 0.786 bits per heavy atom. The van der Waals surface area contributed by atoms with Gasteiger partial charge in [-0.25, -0.2) is 9.59 Å². The zero-order valence-electron chi connectivity index (χ0n) is 51.3. The monoisotopic (exact) mass is 1170 g/mol. The number of likely N-dealkylation sites (tertiary alicyclic amines) is 2. The lowest BCUT2D eigenvalue weighted by Gasteiger charge is -2.41. The fraction of sp³-hybridized carbons (Fsp3) is 0.635. The van der Waals surface area contributed by atoms with Gasteiger partial charge in [-0.05, 0) is 107 Å². The summed E-state index contributed by atoms with van der Waals surface area (Å²) >= 11 is 0. The molecular weight excluding hydrogens is 1070 g/mol. The van der Waals surface area contributed by atoms with Crippen molar-refractivity contribution in [2.24, 2.45) is 23.7 Å². The van der Waals surface area contributed by atoms with Crippen LogP contribution in [-0.4, -0.2) is 168 Å². The smallest absolute Gasteiger partial charge is 0.411 e. The van der Waals surface area contributed by atoms with Crippen molar-refractivity contribution in [3.63, 3.8) is 0 Å². The Labute approximate surface area is 496 Å². The first-order valence-corrected chi connectivity index (χ1v) is 30.2. The Bertz CT molecular complexity index is 2610. The fourth-order valence-electron chi connectivity index (χ4n) is 12.3. The van der Waals surface area contributed by atoms with Crippen molar-refractivity contribution in [1.82, 2.24) is 40.9 Å². The average molecular weight is 1170 g/mol. The number of fused-ring (bicyclic) bond motifs is 2. The molecule has 2 aromatic carbocycles. The highest BCUT2D eigenvalue weighted by Gasteiger charge is 2.53. The van der Waals surface area contributed by atoms with E-state index >= 15 is 0 Å². The SMILES string of the molecule is CC[C@H](C)[C@@H]([C@@H](CC(=O)N1CCC[C@H]1[C@H](OC)[C@@H](C)C(=O)N[C@@H](Cc1ccccc1)C(=O)Nc1ccc(CNC(=O)NCCCCCCN2C(=O)C=CC2=O)cc1)OC)N(C)C(=O)[C@@H](NC(=O)[C@@H]1[C@H]2CC[C@H](C2)N1C(=O)OC(C)(C)C)C(C)C. The van der Waals surface area contributed by atoms with Crippen molar-refractivity contribution in [2.45, 2.75) is 193 Å². The fourth-order valence-corrected chi connectivity index (χ4v) is 12.3. The molecule has 0 radical (unpaired) electrons. The summed E-state index contributed by atoms with van der Waals surface area (Å²) in [5.74, 6) is -3.68. The molecule has 3 fully saturated rings. The molecule has 462 valence electrons. The van der Waals surface area contributed by atoms with E-state index in [4.69, 9.17) is 14.2 Å². The van der Waals surface area contributed by atoms with Crippen LogP contribution in [0.3, 0.4) is 0 Å². The first-order chi connectivity index (χ1) is 40.0. The molecule has 2 aromatic rings. The number of anilines is 1. The molecule has 2 bridgehead atoms. The van der Waals surface area contributed by atoms with E-state index in [1.165, 1.54) is 31.3 Å². The molecule has 3 heterocycles. The molecule has 3 aliphatic heterocycles. The third kappa shape index (κ3) is 17.6. The Morgan fingerprint density at radius 2 is 1.46 bits per heavy atom. The van der Waals surface area contributed by atoms with Crippen LogP contribution in [0.25, 0.3) is 0 Å². The number of imide groups is 1. The van der Waals surface area contributed by atoms with Crippen LogP contribution in [0.1, 0.15) is 137 Å². The van der Waals surface area contributed by atoms with Gasteiger partial charge in [-0.1, -0.05) is 96.3 Å². The number of ether oxygens (including phenoxy) is 3. The van der Waals surface area contributed by atoms with E-state index in [1.54, 1.807) is 73.7 Å². The molecule has 11 atom stereocenters. The molecule has 10 amide bonds. The van der Waals surface area contributed by atoms with E-state index in [0.717, 1.165) is 43.2 Å². The molecule has 0 spiro atoms. The van der Waals surface area contributed by atoms with Crippen molar-refractivity contribution in [3.8, 4) is 0 Å². The van der Waals surface area contributed by atoms with Crippen molar-refractivity contribution in [1.29, 1.82) is 0 Å². The molecule has 4 aliphatic rings. The van der Waals surface area contributed by atoms with Gasteiger partial charge in [0.15, 0.2) is 0 Å². The van der Waals surface area contributed by atoms with Crippen LogP contribution in [0, 0.1) is 23.7 Å². The maximum Gasteiger partial charge on any atom is 0.411 e. The van der Waals surface area contributed by atoms with Crippen molar-refractivity contribution < 1.29 is 57.4 Å². The quantitative estimate of drug-likeness (QED) is 0.0433. The van der Waals surface area contributed by atoms with Crippen LogP contribution in [-0.2, 0) is 60.7 Å². The zero-order valence-corrected chi connectivity index (χ0v) is 51.3. The van der Waals surface area contributed by atoms with E-state index in [0.29, 0.717) is 57.4 Å². The second-order valence-electron chi connectivity index (χ2n) is 24.5. The van der Waals surface area contributed by atoms with Crippen LogP contribution < -0.4 is 26.6 Å². The van der Waals surface area contributed by atoms with Gasteiger partial charge in [-0.3, -0.25) is 43.4 Å². The summed E-state index contributed by atoms with van der Waals surface area (Å²) in [6, 6.07) is 12.2. The number of hydrogen-bond acceptors (Lipinski definition) is 12. The Hall–Kier alpha value is -6.87. The number of carbonyl (C=O) groups excluding carboxylic acids is 9. The van der Waals surface area contributed by atoms with E-state index in [2.05, 4.69) is 26.6 Å². The Balaban J connectivity index is 1.04. The molecule has 1 saturated carbocycles. The highest BCUT2D eigenvalue weighted by atomic mass is 16.6. The molecule has 5 N–H and O–H groups in total. The van der Waals surface area contributed by atoms with Gasteiger partial charge in [-0.15, -0.1) is 0 Å². The number of benzene rings is 2. The normalized spacial score (nSPS) is 20.9. The van der Waals surface area contributed by atoms with Crippen molar-refractivity contribution >= 4 is 59.2 Å². The van der Waals surface area contributed by atoms with Gasteiger partial charge in [0, 0.05) is 77.7 Å². The molecule has 0 unspecified atom stereocenters. The van der Waals surface area contributed by atoms with E-state index in [-0.39, 0.29) is 78.7 Å². The number of urea groups is 1. The van der Waals surface area contributed by atoms with Gasteiger partial charge in [-0.2, -0.15) is 0 Å².